The molecule has 0 N–H and O–H groups in total. The van der Waals surface area contributed by atoms with Crippen molar-refractivity contribution in [3.8, 4) is 0 Å². The summed E-state index contributed by atoms with van der Waals surface area (Å²) in [6.45, 7) is 0. The van der Waals surface area contributed by atoms with Gasteiger partial charge in [-0.3, -0.25) is 4.79 Å². The summed E-state index contributed by atoms with van der Waals surface area (Å²) in [5, 5.41) is 1.06. The molecule has 0 aliphatic rings. The predicted molar refractivity (Wildman–Crippen MR) is 63.5 cm³/mol. The summed E-state index contributed by atoms with van der Waals surface area (Å²) in [6, 6.07) is 7.87. The van der Waals surface area contributed by atoms with E-state index in [1.807, 2.05) is 35.9 Å². The highest BCUT2D eigenvalue weighted by atomic mass is 16.1. The van der Waals surface area contributed by atoms with E-state index in [1.165, 1.54) is 0 Å². The minimum absolute atomic E-state index is 0.0469. The van der Waals surface area contributed by atoms with E-state index in [0.29, 0.717) is 5.52 Å². The topological polar surface area (TPSA) is 39.8 Å². The van der Waals surface area contributed by atoms with E-state index in [-0.39, 0.29) is 5.56 Å². The van der Waals surface area contributed by atoms with Crippen LogP contribution in [0.5, 0.6) is 0 Å². The molecule has 0 aliphatic heterocycles. The van der Waals surface area contributed by atoms with Crippen LogP contribution in [-0.4, -0.2) is 14.1 Å². The van der Waals surface area contributed by atoms with Crippen LogP contribution in [0.4, 0.5) is 0 Å². The third-order valence-electron chi connectivity index (χ3n) is 2.96. The van der Waals surface area contributed by atoms with Crippen LogP contribution >= 0.6 is 0 Å². The van der Waals surface area contributed by atoms with E-state index in [4.69, 9.17) is 0 Å². The molecule has 80 valence electrons. The highest BCUT2D eigenvalue weighted by Gasteiger charge is 2.11. The monoisotopic (exact) mass is 213 g/mol. The Hall–Kier alpha value is -2.10. The second-order valence-corrected chi connectivity index (χ2v) is 3.93. The molecule has 0 bridgehead atoms. The first-order chi connectivity index (χ1) is 7.70. The molecule has 0 unspecified atom stereocenters. The predicted octanol–water partition coefficient (Wildman–Crippen LogP) is 1.43. The highest BCUT2D eigenvalue weighted by molar-refractivity contribution is 6.02. The zero-order chi connectivity index (χ0) is 11.3. The summed E-state index contributed by atoms with van der Waals surface area (Å²) in [4.78, 5) is 16.2. The van der Waals surface area contributed by atoms with Crippen molar-refractivity contribution in [2.75, 3.05) is 0 Å². The quantitative estimate of drug-likeness (QED) is 0.566. The van der Waals surface area contributed by atoms with Crippen molar-refractivity contribution in [3.05, 3.63) is 40.9 Å². The van der Waals surface area contributed by atoms with Gasteiger partial charge >= 0.3 is 0 Å². The first-order valence-electron chi connectivity index (χ1n) is 5.09. The molecule has 0 fully saturated rings. The summed E-state index contributed by atoms with van der Waals surface area (Å²) < 4.78 is 3.53. The second kappa shape index (κ2) is 2.95. The molecule has 2 aromatic heterocycles. The number of aromatic nitrogens is 3. The highest BCUT2D eigenvalue weighted by Crippen LogP contribution is 2.20. The van der Waals surface area contributed by atoms with Crippen LogP contribution in [0.15, 0.2) is 35.4 Å². The fourth-order valence-corrected chi connectivity index (χ4v) is 2.14. The maximum atomic E-state index is 12.0. The lowest BCUT2D eigenvalue weighted by molar-refractivity contribution is 0.913. The smallest absolute Gasteiger partial charge is 0.278 e. The average Bonchev–Trinajstić information content (AvgIpc) is 2.69. The molecule has 0 spiro atoms. The average molecular weight is 213 g/mol. The molecule has 0 saturated heterocycles. The minimum Gasteiger partial charge on any atom is -0.333 e. The Bertz CT molecular complexity index is 752. The lowest BCUT2D eigenvalue weighted by atomic mass is 10.2. The van der Waals surface area contributed by atoms with E-state index in [2.05, 4.69) is 4.98 Å². The molecule has 4 heteroatoms. The number of hydrogen-bond acceptors (Lipinski definition) is 2. The van der Waals surface area contributed by atoms with Gasteiger partial charge in [-0.2, -0.15) is 0 Å². The van der Waals surface area contributed by atoms with Crippen molar-refractivity contribution in [3.63, 3.8) is 0 Å². The maximum absolute atomic E-state index is 12.0. The standard InChI is InChI=1S/C12H11N3O/c1-14-7-13-10-11(14)8-5-3-4-6-9(8)15(2)12(10)16/h3-7H,1-2H3. The van der Waals surface area contributed by atoms with Gasteiger partial charge in [0, 0.05) is 19.5 Å². The largest absolute Gasteiger partial charge is 0.333 e. The normalized spacial score (nSPS) is 11.4. The Balaban J connectivity index is 2.77. The number of imidazole rings is 1. The number of fused-ring (bicyclic) bond motifs is 3. The second-order valence-electron chi connectivity index (χ2n) is 3.93. The molecule has 0 aliphatic carbocycles. The molecular formula is C12H11N3O. The molecule has 16 heavy (non-hydrogen) atoms. The van der Waals surface area contributed by atoms with Gasteiger partial charge in [0.05, 0.1) is 17.4 Å². The molecular weight excluding hydrogens is 202 g/mol. The number of hydrogen-bond donors (Lipinski definition) is 0. The van der Waals surface area contributed by atoms with Crippen molar-refractivity contribution in [1.29, 1.82) is 0 Å². The van der Waals surface area contributed by atoms with E-state index < -0.39 is 0 Å². The lowest BCUT2D eigenvalue weighted by Gasteiger charge is -2.06. The van der Waals surface area contributed by atoms with E-state index in [1.54, 1.807) is 17.9 Å². The van der Waals surface area contributed by atoms with Gasteiger partial charge in [0.25, 0.3) is 5.56 Å². The number of benzene rings is 1. The summed E-state index contributed by atoms with van der Waals surface area (Å²) in [6.07, 6.45) is 1.68. The summed E-state index contributed by atoms with van der Waals surface area (Å²) >= 11 is 0. The van der Waals surface area contributed by atoms with E-state index in [9.17, 15) is 4.79 Å². The van der Waals surface area contributed by atoms with Gasteiger partial charge in [0.1, 0.15) is 0 Å². The van der Waals surface area contributed by atoms with Crippen LogP contribution in [0, 0.1) is 0 Å². The van der Waals surface area contributed by atoms with Crippen molar-refractivity contribution in [2.24, 2.45) is 14.1 Å². The summed E-state index contributed by atoms with van der Waals surface area (Å²) in [5.74, 6) is 0. The number of aryl methyl sites for hydroxylation is 2. The number of rotatable bonds is 0. The zero-order valence-corrected chi connectivity index (χ0v) is 9.14. The Morgan fingerprint density at radius 2 is 1.94 bits per heavy atom. The first kappa shape index (κ1) is 9.15. The number of para-hydroxylation sites is 1. The van der Waals surface area contributed by atoms with Crippen LogP contribution in [-0.2, 0) is 14.1 Å². The molecule has 3 aromatic rings. The van der Waals surface area contributed by atoms with Crippen molar-refractivity contribution in [1.82, 2.24) is 14.1 Å². The van der Waals surface area contributed by atoms with Gasteiger partial charge in [0.15, 0.2) is 5.52 Å². The third kappa shape index (κ3) is 0.984. The molecule has 0 atom stereocenters. The third-order valence-corrected chi connectivity index (χ3v) is 2.96. The Morgan fingerprint density at radius 3 is 2.75 bits per heavy atom. The maximum Gasteiger partial charge on any atom is 0.278 e. The molecule has 2 heterocycles. The van der Waals surface area contributed by atoms with Gasteiger partial charge < -0.3 is 9.13 Å². The number of nitrogens with zero attached hydrogens (tertiary/aromatic N) is 3. The SMILES string of the molecule is Cn1cnc2c(=O)n(C)c3ccccc3c21. The molecule has 3 rings (SSSR count). The van der Waals surface area contributed by atoms with Crippen molar-refractivity contribution < 1.29 is 0 Å². The zero-order valence-electron chi connectivity index (χ0n) is 9.14. The molecule has 0 amide bonds. The van der Waals surface area contributed by atoms with Gasteiger partial charge in [-0.1, -0.05) is 18.2 Å². The minimum atomic E-state index is -0.0469. The van der Waals surface area contributed by atoms with Crippen LogP contribution in [0.2, 0.25) is 0 Å². The van der Waals surface area contributed by atoms with Crippen molar-refractivity contribution in [2.45, 2.75) is 0 Å². The van der Waals surface area contributed by atoms with Crippen LogP contribution in [0.1, 0.15) is 0 Å². The van der Waals surface area contributed by atoms with Crippen molar-refractivity contribution >= 4 is 21.9 Å². The van der Waals surface area contributed by atoms with E-state index >= 15 is 0 Å². The summed E-state index contributed by atoms with van der Waals surface area (Å²) in [5.41, 5.74) is 2.32. The van der Waals surface area contributed by atoms with Gasteiger partial charge in [-0.15, -0.1) is 0 Å². The molecule has 0 saturated carbocycles. The van der Waals surface area contributed by atoms with Gasteiger partial charge in [-0.25, -0.2) is 4.98 Å². The van der Waals surface area contributed by atoms with Crippen LogP contribution in [0.3, 0.4) is 0 Å². The van der Waals surface area contributed by atoms with Gasteiger partial charge in [0.2, 0.25) is 0 Å². The Labute approximate surface area is 91.8 Å². The fraction of sp³-hybridized carbons (Fsp3) is 0.167. The van der Waals surface area contributed by atoms with Crippen LogP contribution < -0.4 is 5.56 Å². The first-order valence-corrected chi connectivity index (χ1v) is 5.09. The van der Waals surface area contributed by atoms with Crippen LogP contribution in [0.25, 0.3) is 21.9 Å². The lowest BCUT2D eigenvalue weighted by Crippen LogP contribution is -2.17. The van der Waals surface area contributed by atoms with E-state index in [0.717, 1.165) is 16.4 Å². The number of pyridine rings is 1. The molecule has 1 aromatic carbocycles. The summed E-state index contributed by atoms with van der Waals surface area (Å²) in [7, 11) is 3.68. The fourth-order valence-electron chi connectivity index (χ4n) is 2.14. The van der Waals surface area contributed by atoms with Gasteiger partial charge in [-0.05, 0) is 6.07 Å². The Morgan fingerprint density at radius 1 is 1.19 bits per heavy atom. The molecule has 4 nitrogen and oxygen atoms in total. The molecule has 0 radical (unpaired) electrons. The Kier molecular flexibility index (Phi) is 1.68.